The van der Waals surface area contributed by atoms with E-state index in [0.29, 0.717) is 39.0 Å². The van der Waals surface area contributed by atoms with Gasteiger partial charge in [-0.15, -0.1) is 0 Å². The average molecular weight is 324 g/mol. The molecular formula is C17H22F2N2O2. The zero-order chi connectivity index (χ0) is 17.0. The molecule has 0 saturated carbocycles. The van der Waals surface area contributed by atoms with Gasteiger partial charge in [0, 0.05) is 32.6 Å². The van der Waals surface area contributed by atoms with Crippen LogP contribution in [0, 0.1) is 17.6 Å². The summed E-state index contributed by atoms with van der Waals surface area (Å²) in [6.45, 7) is 5.74. The zero-order valence-corrected chi connectivity index (χ0v) is 13.5. The quantitative estimate of drug-likeness (QED) is 0.858. The summed E-state index contributed by atoms with van der Waals surface area (Å²) < 4.78 is 27.0. The first-order valence-electron chi connectivity index (χ1n) is 7.90. The lowest BCUT2D eigenvalue weighted by Crippen LogP contribution is -2.38. The molecule has 1 aliphatic heterocycles. The maximum Gasteiger partial charge on any atom is 0.256 e. The van der Waals surface area contributed by atoms with Crippen molar-refractivity contribution in [3.8, 4) is 0 Å². The topological polar surface area (TPSA) is 40.6 Å². The van der Waals surface area contributed by atoms with E-state index in [2.05, 4.69) is 0 Å². The van der Waals surface area contributed by atoms with Gasteiger partial charge >= 0.3 is 0 Å². The lowest BCUT2D eigenvalue weighted by atomic mass is 10.1. The molecule has 0 bridgehead atoms. The summed E-state index contributed by atoms with van der Waals surface area (Å²) in [5.74, 6) is -1.54. The van der Waals surface area contributed by atoms with E-state index in [0.717, 1.165) is 18.2 Å². The standard InChI is InChI=1S/C17H22F2N2O2/c1-12(2)10-16(22)20-6-3-7-21(9-8-20)17(23)14-11-13(18)4-5-15(14)19/h4-5,11-12H,3,6-10H2,1-2H3. The Balaban J connectivity index is 2.04. The first-order chi connectivity index (χ1) is 10.9. The van der Waals surface area contributed by atoms with E-state index in [4.69, 9.17) is 0 Å². The number of halogens is 2. The van der Waals surface area contributed by atoms with Crippen molar-refractivity contribution in [3.63, 3.8) is 0 Å². The fourth-order valence-corrected chi connectivity index (χ4v) is 2.68. The van der Waals surface area contributed by atoms with Crippen LogP contribution in [-0.4, -0.2) is 47.8 Å². The number of benzene rings is 1. The van der Waals surface area contributed by atoms with Crippen LogP contribution in [-0.2, 0) is 4.79 Å². The second-order valence-corrected chi connectivity index (χ2v) is 6.25. The van der Waals surface area contributed by atoms with Gasteiger partial charge in [-0.25, -0.2) is 8.78 Å². The number of rotatable bonds is 3. The Labute approximate surface area is 135 Å². The summed E-state index contributed by atoms with van der Waals surface area (Å²) in [6, 6.07) is 2.87. The number of carbonyl (C=O) groups excluding carboxylic acids is 2. The van der Waals surface area contributed by atoms with Crippen molar-refractivity contribution in [3.05, 3.63) is 35.4 Å². The molecule has 6 heteroatoms. The SMILES string of the molecule is CC(C)CC(=O)N1CCCN(C(=O)c2cc(F)ccc2F)CC1. The predicted octanol–water partition coefficient (Wildman–Crippen LogP) is 2.69. The molecule has 0 atom stereocenters. The van der Waals surface area contributed by atoms with Crippen LogP contribution in [0.3, 0.4) is 0 Å². The molecular weight excluding hydrogens is 302 g/mol. The third-order valence-corrected chi connectivity index (χ3v) is 3.88. The van der Waals surface area contributed by atoms with E-state index in [9.17, 15) is 18.4 Å². The monoisotopic (exact) mass is 324 g/mol. The first-order valence-corrected chi connectivity index (χ1v) is 7.90. The third-order valence-electron chi connectivity index (χ3n) is 3.88. The van der Waals surface area contributed by atoms with E-state index in [1.165, 1.54) is 4.90 Å². The summed E-state index contributed by atoms with van der Waals surface area (Å²) >= 11 is 0. The number of hydrogen-bond donors (Lipinski definition) is 0. The number of nitrogens with zero attached hydrogens (tertiary/aromatic N) is 2. The highest BCUT2D eigenvalue weighted by molar-refractivity contribution is 5.94. The smallest absolute Gasteiger partial charge is 0.256 e. The maximum atomic E-state index is 13.7. The molecule has 23 heavy (non-hydrogen) atoms. The molecule has 0 spiro atoms. The number of amides is 2. The molecule has 0 radical (unpaired) electrons. The van der Waals surface area contributed by atoms with Crippen LogP contribution in [0.25, 0.3) is 0 Å². The van der Waals surface area contributed by atoms with E-state index in [-0.39, 0.29) is 17.4 Å². The van der Waals surface area contributed by atoms with Crippen molar-refractivity contribution < 1.29 is 18.4 Å². The Morgan fingerprint density at radius 3 is 2.43 bits per heavy atom. The van der Waals surface area contributed by atoms with Gasteiger partial charge in [0.2, 0.25) is 5.91 Å². The molecule has 1 saturated heterocycles. The molecule has 0 aromatic heterocycles. The molecule has 0 unspecified atom stereocenters. The third kappa shape index (κ3) is 4.50. The Kier molecular flexibility index (Phi) is 5.69. The lowest BCUT2D eigenvalue weighted by Gasteiger charge is -2.23. The second-order valence-electron chi connectivity index (χ2n) is 6.25. The van der Waals surface area contributed by atoms with Crippen LogP contribution < -0.4 is 0 Å². The minimum absolute atomic E-state index is 0.0752. The van der Waals surface area contributed by atoms with Crippen molar-refractivity contribution in [2.75, 3.05) is 26.2 Å². The molecule has 2 amide bonds. The molecule has 4 nitrogen and oxygen atoms in total. The molecule has 1 fully saturated rings. The number of carbonyl (C=O) groups is 2. The molecule has 1 aliphatic rings. The highest BCUT2D eigenvalue weighted by Crippen LogP contribution is 2.15. The Morgan fingerprint density at radius 2 is 1.74 bits per heavy atom. The summed E-state index contributed by atoms with van der Waals surface area (Å²) in [5.41, 5.74) is -0.257. The van der Waals surface area contributed by atoms with Crippen LogP contribution in [0.4, 0.5) is 8.78 Å². The van der Waals surface area contributed by atoms with Gasteiger partial charge < -0.3 is 9.80 Å². The van der Waals surface area contributed by atoms with Crippen LogP contribution in [0.15, 0.2) is 18.2 Å². The first kappa shape index (κ1) is 17.4. The fourth-order valence-electron chi connectivity index (χ4n) is 2.68. The van der Waals surface area contributed by atoms with Crippen molar-refractivity contribution in [2.45, 2.75) is 26.7 Å². The fraction of sp³-hybridized carbons (Fsp3) is 0.529. The van der Waals surface area contributed by atoms with Gasteiger partial charge in [-0.1, -0.05) is 13.8 Å². The molecule has 126 valence electrons. The highest BCUT2D eigenvalue weighted by Gasteiger charge is 2.24. The summed E-state index contributed by atoms with van der Waals surface area (Å²) in [6.07, 6.45) is 1.11. The van der Waals surface area contributed by atoms with Gasteiger partial charge in [-0.3, -0.25) is 9.59 Å². The van der Waals surface area contributed by atoms with Gasteiger partial charge in [0.05, 0.1) is 5.56 Å². The lowest BCUT2D eigenvalue weighted by molar-refractivity contribution is -0.131. The maximum absolute atomic E-state index is 13.7. The van der Waals surface area contributed by atoms with E-state index < -0.39 is 17.5 Å². The van der Waals surface area contributed by atoms with Gasteiger partial charge in [-0.2, -0.15) is 0 Å². The normalized spacial score (nSPS) is 15.7. The molecule has 1 aromatic rings. The van der Waals surface area contributed by atoms with Gasteiger partial charge in [0.1, 0.15) is 11.6 Å². The van der Waals surface area contributed by atoms with Crippen molar-refractivity contribution in [2.24, 2.45) is 5.92 Å². The van der Waals surface area contributed by atoms with Crippen LogP contribution >= 0.6 is 0 Å². The van der Waals surface area contributed by atoms with Gasteiger partial charge in [0.25, 0.3) is 5.91 Å². The zero-order valence-electron chi connectivity index (χ0n) is 13.5. The van der Waals surface area contributed by atoms with Crippen LogP contribution in [0.1, 0.15) is 37.0 Å². The summed E-state index contributed by atoms with van der Waals surface area (Å²) in [5, 5.41) is 0. The van der Waals surface area contributed by atoms with Crippen molar-refractivity contribution in [1.29, 1.82) is 0 Å². The van der Waals surface area contributed by atoms with Crippen molar-refractivity contribution in [1.82, 2.24) is 9.80 Å². The minimum Gasteiger partial charge on any atom is -0.341 e. The largest absolute Gasteiger partial charge is 0.341 e. The van der Waals surface area contributed by atoms with Gasteiger partial charge in [-0.05, 0) is 30.5 Å². The Bertz CT molecular complexity index is 590. The van der Waals surface area contributed by atoms with Gasteiger partial charge in [0.15, 0.2) is 0 Å². The minimum atomic E-state index is -0.728. The molecule has 0 aliphatic carbocycles. The molecule has 2 rings (SSSR count). The Morgan fingerprint density at radius 1 is 1.09 bits per heavy atom. The van der Waals surface area contributed by atoms with Crippen LogP contribution in [0.2, 0.25) is 0 Å². The summed E-state index contributed by atoms with van der Waals surface area (Å²) in [4.78, 5) is 27.7. The predicted molar refractivity (Wildman–Crippen MR) is 82.9 cm³/mol. The highest BCUT2D eigenvalue weighted by atomic mass is 19.1. The molecule has 1 heterocycles. The van der Waals surface area contributed by atoms with E-state index in [1.54, 1.807) is 4.90 Å². The summed E-state index contributed by atoms with van der Waals surface area (Å²) in [7, 11) is 0. The van der Waals surface area contributed by atoms with Crippen LogP contribution in [0.5, 0.6) is 0 Å². The number of hydrogen-bond acceptors (Lipinski definition) is 2. The van der Waals surface area contributed by atoms with E-state index in [1.807, 2.05) is 13.8 Å². The Hall–Kier alpha value is -1.98. The molecule has 0 N–H and O–H groups in total. The van der Waals surface area contributed by atoms with Crippen molar-refractivity contribution >= 4 is 11.8 Å². The molecule has 1 aromatic carbocycles. The second kappa shape index (κ2) is 7.53. The average Bonchev–Trinajstić information content (AvgIpc) is 2.74. The van der Waals surface area contributed by atoms with E-state index >= 15 is 0 Å².